The minimum absolute atomic E-state index is 0.283. The number of para-hydroxylation sites is 1. The molecule has 0 atom stereocenters. The molecule has 0 saturated heterocycles. The topological polar surface area (TPSA) is 41.5 Å². The van der Waals surface area contributed by atoms with Crippen LogP contribution in [0.1, 0.15) is 5.56 Å². The van der Waals surface area contributed by atoms with Gasteiger partial charge in [-0.25, -0.2) is 0 Å². The first kappa shape index (κ1) is 17.2. The Kier molecular flexibility index (Phi) is 4.72. The van der Waals surface area contributed by atoms with Gasteiger partial charge in [-0.1, -0.05) is 65.7 Å². The van der Waals surface area contributed by atoms with E-state index in [-0.39, 0.29) is 5.91 Å². The van der Waals surface area contributed by atoms with Crippen LogP contribution in [0.15, 0.2) is 70.6 Å². The molecule has 4 rings (SSSR count). The SMILES string of the molecule is O=C1N=C(Nc2c(Cl)cccc2Cl)S/C1=C\c1ccc2ccccc2c1. The molecule has 6 heteroatoms. The fraction of sp³-hybridized carbons (Fsp3) is 0. The number of benzene rings is 3. The number of anilines is 1. The van der Waals surface area contributed by atoms with E-state index in [1.165, 1.54) is 11.8 Å². The summed E-state index contributed by atoms with van der Waals surface area (Å²) in [6.45, 7) is 0. The number of carbonyl (C=O) groups excluding carboxylic acids is 1. The van der Waals surface area contributed by atoms with Crippen molar-refractivity contribution in [3.05, 3.63) is 81.2 Å². The Morgan fingerprint density at radius 1 is 0.923 bits per heavy atom. The Bertz CT molecular complexity index is 1070. The van der Waals surface area contributed by atoms with Gasteiger partial charge in [0.25, 0.3) is 5.91 Å². The largest absolute Gasteiger partial charge is 0.332 e. The van der Waals surface area contributed by atoms with E-state index in [0.29, 0.717) is 25.8 Å². The standard InChI is InChI=1S/C20H12Cl2N2OS/c21-15-6-3-7-16(22)18(15)23-20-24-19(25)17(26-20)11-12-8-9-13-4-1-2-5-14(13)10-12/h1-11H,(H,23,24,25)/b17-11-. The van der Waals surface area contributed by atoms with E-state index < -0.39 is 0 Å². The van der Waals surface area contributed by atoms with Gasteiger partial charge in [-0.2, -0.15) is 4.99 Å². The van der Waals surface area contributed by atoms with E-state index >= 15 is 0 Å². The van der Waals surface area contributed by atoms with Crippen molar-refractivity contribution in [2.45, 2.75) is 0 Å². The average molecular weight is 399 g/mol. The predicted octanol–water partition coefficient (Wildman–Crippen LogP) is 6.23. The second-order valence-corrected chi connectivity index (χ2v) is 7.51. The minimum atomic E-state index is -0.283. The number of thioether (sulfide) groups is 1. The van der Waals surface area contributed by atoms with Crippen LogP contribution in [0.4, 0.5) is 5.69 Å². The summed E-state index contributed by atoms with van der Waals surface area (Å²) in [6.07, 6.45) is 1.84. The van der Waals surface area contributed by atoms with E-state index in [9.17, 15) is 4.79 Å². The highest BCUT2D eigenvalue weighted by molar-refractivity contribution is 8.18. The molecule has 0 unspecified atom stereocenters. The van der Waals surface area contributed by atoms with Crippen molar-refractivity contribution in [2.75, 3.05) is 5.32 Å². The number of nitrogens with one attached hydrogen (secondary N) is 1. The van der Waals surface area contributed by atoms with Gasteiger partial charge in [-0.15, -0.1) is 0 Å². The number of fused-ring (bicyclic) bond motifs is 1. The normalized spacial score (nSPS) is 15.5. The molecule has 0 aliphatic carbocycles. The lowest BCUT2D eigenvalue weighted by Gasteiger charge is -2.08. The highest BCUT2D eigenvalue weighted by atomic mass is 35.5. The molecular weight excluding hydrogens is 387 g/mol. The number of amidine groups is 1. The van der Waals surface area contributed by atoms with Crippen LogP contribution < -0.4 is 5.32 Å². The monoisotopic (exact) mass is 398 g/mol. The van der Waals surface area contributed by atoms with Crippen LogP contribution >= 0.6 is 35.0 Å². The number of hydrogen-bond acceptors (Lipinski definition) is 3. The lowest BCUT2D eigenvalue weighted by atomic mass is 10.1. The van der Waals surface area contributed by atoms with Gasteiger partial charge in [0, 0.05) is 0 Å². The molecular formula is C20H12Cl2N2OS. The molecule has 0 spiro atoms. The van der Waals surface area contributed by atoms with Crippen molar-refractivity contribution in [3.8, 4) is 0 Å². The fourth-order valence-corrected chi connectivity index (χ4v) is 3.95. The van der Waals surface area contributed by atoms with E-state index in [0.717, 1.165) is 16.3 Å². The van der Waals surface area contributed by atoms with Crippen molar-refractivity contribution in [1.82, 2.24) is 0 Å². The van der Waals surface area contributed by atoms with Crippen LogP contribution in [0.2, 0.25) is 10.0 Å². The number of halogens is 2. The summed E-state index contributed by atoms with van der Waals surface area (Å²) < 4.78 is 0. The molecule has 3 nitrogen and oxygen atoms in total. The molecule has 0 bridgehead atoms. The quantitative estimate of drug-likeness (QED) is 0.520. The number of amides is 1. The maximum Gasteiger partial charge on any atom is 0.286 e. The lowest BCUT2D eigenvalue weighted by molar-refractivity contribution is -0.113. The van der Waals surface area contributed by atoms with Crippen LogP contribution in [0, 0.1) is 0 Å². The Morgan fingerprint density at radius 2 is 1.65 bits per heavy atom. The molecule has 0 saturated carbocycles. The van der Waals surface area contributed by atoms with Gasteiger partial charge in [-0.05, 0) is 52.4 Å². The number of nitrogens with zero attached hydrogens (tertiary/aromatic N) is 1. The molecule has 26 heavy (non-hydrogen) atoms. The molecule has 1 aliphatic heterocycles. The van der Waals surface area contributed by atoms with Gasteiger partial charge in [0.2, 0.25) is 0 Å². The van der Waals surface area contributed by atoms with Crippen molar-refractivity contribution in [2.24, 2.45) is 4.99 Å². The first-order valence-electron chi connectivity index (χ1n) is 7.82. The van der Waals surface area contributed by atoms with Gasteiger partial charge in [-0.3, -0.25) is 4.79 Å². The Hall–Kier alpha value is -2.27. The van der Waals surface area contributed by atoms with Gasteiger partial charge in [0.15, 0.2) is 5.17 Å². The molecule has 0 radical (unpaired) electrons. The smallest absolute Gasteiger partial charge is 0.286 e. The summed E-state index contributed by atoms with van der Waals surface area (Å²) >= 11 is 13.6. The number of carbonyl (C=O) groups is 1. The molecule has 128 valence electrons. The molecule has 3 aromatic rings. The van der Waals surface area contributed by atoms with Gasteiger partial charge >= 0.3 is 0 Å². The van der Waals surface area contributed by atoms with Crippen molar-refractivity contribution >= 4 is 68.6 Å². The molecule has 1 heterocycles. The third-order valence-electron chi connectivity index (χ3n) is 3.89. The van der Waals surface area contributed by atoms with Crippen LogP contribution in [-0.4, -0.2) is 11.1 Å². The highest BCUT2D eigenvalue weighted by Gasteiger charge is 2.23. The van der Waals surface area contributed by atoms with Crippen molar-refractivity contribution in [1.29, 1.82) is 0 Å². The van der Waals surface area contributed by atoms with E-state index in [2.05, 4.69) is 16.4 Å². The zero-order valence-corrected chi connectivity index (χ0v) is 15.7. The third kappa shape index (κ3) is 3.49. The van der Waals surface area contributed by atoms with Crippen LogP contribution in [0.25, 0.3) is 16.8 Å². The lowest BCUT2D eigenvalue weighted by Crippen LogP contribution is -2.05. The van der Waals surface area contributed by atoms with E-state index in [1.54, 1.807) is 18.2 Å². The van der Waals surface area contributed by atoms with Crippen LogP contribution in [-0.2, 0) is 4.79 Å². The first-order chi connectivity index (χ1) is 12.6. The average Bonchev–Trinajstić information content (AvgIpc) is 2.97. The molecule has 1 amide bonds. The zero-order chi connectivity index (χ0) is 18.1. The summed E-state index contributed by atoms with van der Waals surface area (Å²) in [6, 6.07) is 19.4. The van der Waals surface area contributed by atoms with E-state index in [4.69, 9.17) is 23.2 Å². The number of rotatable bonds is 2. The van der Waals surface area contributed by atoms with Crippen molar-refractivity contribution in [3.63, 3.8) is 0 Å². The predicted molar refractivity (Wildman–Crippen MR) is 112 cm³/mol. The summed E-state index contributed by atoms with van der Waals surface area (Å²) in [5.74, 6) is -0.283. The Labute approximate surface area is 164 Å². The summed E-state index contributed by atoms with van der Waals surface area (Å²) in [5, 5.41) is 6.72. The Morgan fingerprint density at radius 3 is 2.42 bits per heavy atom. The summed E-state index contributed by atoms with van der Waals surface area (Å²) in [4.78, 5) is 16.8. The van der Waals surface area contributed by atoms with Gasteiger partial charge < -0.3 is 5.32 Å². The first-order valence-corrected chi connectivity index (χ1v) is 9.40. The molecule has 1 aliphatic rings. The van der Waals surface area contributed by atoms with Crippen LogP contribution in [0.5, 0.6) is 0 Å². The number of aliphatic imine (C=N–C) groups is 1. The third-order valence-corrected chi connectivity index (χ3v) is 5.42. The zero-order valence-electron chi connectivity index (χ0n) is 13.4. The van der Waals surface area contributed by atoms with Gasteiger partial charge in [0.1, 0.15) is 0 Å². The van der Waals surface area contributed by atoms with Crippen molar-refractivity contribution < 1.29 is 4.79 Å². The maximum absolute atomic E-state index is 12.2. The number of hydrogen-bond donors (Lipinski definition) is 1. The Balaban J connectivity index is 1.58. The van der Waals surface area contributed by atoms with Gasteiger partial charge in [0.05, 0.1) is 20.6 Å². The molecule has 0 fully saturated rings. The highest BCUT2D eigenvalue weighted by Crippen LogP contribution is 2.34. The fourth-order valence-electron chi connectivity index (χ4n) is 2.64. The van der Waals surface area contributed by atoms with E-state index in [1.807, 2.05) is 42.5 Å². The molecule has 3 aromatic carbocycles. The maximum atomic E-state index is 12.2. The second-order valence-electron chi connectivity index (χ2n) is 5.66. The second kappa shape index (κ2) is 7.16. The molecule has 0 aromatic heterocycles. The summed E-state index contributed by atoms with van der Waals surface area (Å²) in [5.41, 5.74) is 1.49. The summed E-state index contributed by atoms with van der Waals surface area (Å²) in [7, 11) is 0. The minimum Gasteiger partial charge on any atom is -0.332 e. The molecule has 1 N–H and O–H groups in total. The van der Waals surface area contributed by atoms with Crippen LogP contribution in [0.3, 0.4) is 0 Å².